The van der Waals surface area contributed by atoms with Gasteiger partial charge in [-0.2, -0.15) is 0 Å². The van der Waals surface area contributed by atoms with Gasteiger partial charge in [0.25, 0.3) is 0 Å². The van der Waals surface area contributed by atoms with Crippen LogP contribution in [-0.2, 0) is 13.1 Å². The smallest absolute Gasteiger partial charge is 0.372 e. The number of pyridine rings is 1. The molecular formula is C14H16N2O3. The van der Waals surface area contributed by atoms with Gasteiger partial charge in [0.15, 0.2) is 0 Å². The summed E-state index contributed by atoms with van der Waals surface area (Å²) in [5.74, 6) is -0.357. The first-order valence-electron chi connectivity index (χ1n) is 5.96. The van der Waals surface area contributed by atoms with Gasteiger partial charge in [0.05, 0.1) is 6.54 Å². The predicted molar refractivity (Wildman–Crippen MR) is 69.8 cm³/mol. The summed E-state index contributed by atoms with van der Waals surface area (Å²) in [5.41, 5.74) is 1.75. The molecule has 1 N–H and O–H groups in total. The molecule has 0 fully saturated rings. The van der Waals surface area contributed by atoms with Crippen LogP contribution in [0.3, 0.4) is 0 Å². The molecule has 19 heavy (non-hydrogen) atoms. The highest BCUT2D eigenvalue weighted by molar-refractivity contribution is 5.86. The number of carbonyl (C=O) groups is 1. The van der Waals surface area contributed by atoms with Crippen LogP contribution in [0.4, 0.5) is 0 Å². The molecule has 0 unspecified atom stereocenters. The summed E-state index contributed by atoms with van der Waals surface area (Å²) in [6.07, 6.45) is 3.55. The van der Waals surface area contributed by atoms with Crippen LogP contribution in [0.25, 0.3) is 0 Å². The lowest BCUT2D eigenvalue weighted by Gasteiger charge is -2.14. The number of hydrogen-bond donors (Lipinski definition) is 1. The number of rotatable bonds is 5. The normalized spacial score (nSPS) is 10.9. The van der Waals surface area contributed by atoms with Crippen LogP contribution in [0.1, 0.15) is 27.4 Å². The largest absolute Gasteiger partial charge is 0.475 e. The molecule has 2 rings (SSSR count). The Kier molecular flexibility index (Phi) is 3.97. The Hall–Kier alpha value is -2.14. The Balaban J connectivity index is 2.01. The topological polar surface area (TPSA) is 66.6 Å². The fourth-order valence-corrected chi connectivity index (χ4v) is 1.96. The number of carboxylic acid groups (broad SMARTS) is 1. The van der Waals surface area contributed by atoms with Crippen molar-refractivity contribution in [2.45, 2.75) is 20.0 Å². The van der Waals surface area contributed by atoms with E-state index in [1.54, 1.807) is 19.2 Å². The Morgan fingerprint density at radius 1 is 1.47 bits per heavy atom. The maximum Gasteiger partial charge on any atom is 0.372 e. The molecule has 0 aliphatic rings. The van der Waals surface area contributed by atoms with Crippen molar-refractivity contribution >= 4 is 5.97 Å². The van der Waals surface area contributed by atoms with Crippen molar-refractivity contribution in [3.8, 4) is 0 Å². The standard InChI is InChI=1S/C14H16N2O3/c1-10-6-12(19-13(10)14(17)18)9-16(2)8-11-4-3-5-15-7-11/h3-7H,8-9H2,1-2H3,(H,17,18). The number of aromatic nitrogens is 1. The molecule has 0 bridgehead atoms. The molecule has 0 aliphatic heterocycles. The molecule has 0 radical (unpaired) electrons. The van der Waals surface area contributed by atoms with Crippen molar-refractivity contribution in [3.05, 3.63) is 53.2 Å². The van der Waals surface area contributed by atoms with Gasteiger partial charge in [-0.1, -0.05) is 6.07 Å². The zero-order valence-electron chi connectivity index (χ0n) is 11.0. The number of furan rings is 1. The molecule has 5 nitrogen and oxygen atoms in total. The summed E-state index contributed by atoms with van der Waals surface area (Å²) < 4.78 is 5.33. The first-order valence-corrected chi connectivity index (χ1v) is 5.96. The van der Waals surface area contributed by atoms with E-state index in [0.29, 0.717) is 17.9 Å². The highest BCUT2D eigenvalue weighted by atomic mass is 16.4. The Bertz CT molecular complexity index is 563. The lowest BCUT2D eigenvalue weighted by Crippen LogP contribution is -2.16. The van der Waals surface area contributed by atoms with E-state index in [2.05, 4.69) is 4.98 Å². The SMILES string of the molecule is Cc1cc(CN(C)Cc2cccnc2)oc1C(=O)O. The minimum atomic E-state index is -1.03. The van der Waals surface area contributed by atoms with E-state index in [4.69, 9.17) is 9.52 Å². The molecule has 5 heteroatoms. The van der Waals surface area contributed by atoms with Crippen LogP contribution >= 0.6 is 0 Å². The average Bonchev–Trinajstić information content (AvgIpc) is 2.71. The van der Waals surface area contributed by atoms with Crippen molar-refractivity contribution < 1.29 is 14.3 Å². The van der Waals surface area contributed by atoms with Crippen molar-refractivity contribution in [3.63, 3.8) is 0 Å². The molecule has 2 aromatic heterocycles. The number of aryl methyl sites for hydroxylation is 1. The summed E-state index contributed by atoms with van der Waals surface area (Å²) >= 11 is 0. The molecule has 2 aromatic rings. The van der Waals surface area contributed by atoms with Crippen molar-refractivity contribution in [2.75, 3.05) is 7.05 Å². The lowest BCUT2D eigenvalue weighted by atomic mass is 10.2. The Labute approximate surface area is 111 Å². The van der Waals surface area contributed by atoms with E-state index in [1.807, 2.05) is 30.3 Å². The molecule has 100 valence electrons. The van der Waals surface area contributed by atoms with E-state index < -0.39 is 5.97 Å². The highest BCUT2D eigenvalue weighted by Crippen LogP contribution is 2.16. The number of nitrogens with zero attached hydrogens (tertiary/aromatic N) is 2. The zero-order chi connectivity index (χ0) is 13.8. The fraction of sp³-hybridized carbons (Fsp3) is 0.286. The number of aromatic carboxylic acids is 1. The first kappa shape index (κ1) is 13.3. The first-order chi connectivity index (χ1) is 9.06. The van der Waals surface area contributed by atoms with Gasteiger partial charge in [-0.15, -0.1) is 0 Å². The summed E-state index contributed by atoms with van der Waals surface area (Å²) in [4.78, 5) is 17.0. The van der Waals surface area contributed by atoms with Gasteiger partial charge >= 0.3 is 5.97 Å². The molecule has 0 atom stereocenters. The van der Waals surface area contributed by atoms with Crippen LogP contribution in [-0.4, -0.2) is 28.0 Å². The monoisotopic (exact) mass is 260 g/mol. The summed E-state index contributed by atoms with van der Waals surface area (Å²) in [5, 5.41) is 8.93. The molecule has 0 amide bonds. The average molecular weight is 260 g/mol. The number of carboxylic acids is 1. The Morgan fingerprint density at radius 3 is 2.84 bits per heavy atom. The van der Waals surface area contributed by atoms with Crippen LogP contribution in [0, 0.1) is 6.92 Å². The Morgan fingerprint density at radius 2 is 2.26 bits per heavy atom. The third kappa shape index (κ3) is 3.42. The second-order valence-electron chi connectivity index (χ2n) is 4.56. The fourth-order valence-electron chi connectivity index (χ4n) is 1.96. The molecular weight excluding hydrogens is 244 g/mol. The van der Waals surface area contributed by atoms with Crippen molar-refractivity contribution in [1.29, 1.82) is 0 Å². The second-order valence-corrected chi connectivity index (χ2v) is 4.56. The van der Waals surface area contributed by atoms with E-state index in [1.165, 1.54) is 0 Å². The van der Waals surface area contributed by atoms with E-state index >= 15 is 0 Å². The predicted octanol–water partition coefficient (Wildman–Crippen LogP) is 2.31. The molecule has 0 saturated heterocycles. The van der Waals surface area contributed by atoms with E-state index in [0.717, 1.165) is 12.1 Å². The molecule has 0 saturated carbocycles. The summed E-state index contributed by atoms with van der Waals surface area (Å²) in [6, 6.07) is 5.66. The van der Waals surface area contributed by atoms with Crippen LogP contribution in [0.2, 0.25) is 0 Å². The minimum absolute atomic E-state index is 0.0183. The molecule has 0 aromatic carbocycles. The minimum Gasteiger partial charge on any atom is -0.475 e. The van der Waals surface area contributed by atoms with Gasteiger partial charge in [0.1, 0.15) is 5.76 Å². The van der Waals surface area contributed by atoms with Crippen LogP contribution in [0.5, 0.6) is 0 Å². The van der Waals surface area contributed by atoms with E-state index in [-0.39, 0.29) is 5.76 Å². The third-order valence-electron chi connectivity index (χ3n) is 2.76. The van der Waals surface area contributed by atoms with Crippen molar-refractivity contribution in [2.24, 2.45) is 0 Å². The number of hydrogen-bond acceptors (Lipinski definition) is 4. The van der Waals surface area contributed by atoms with E-state index in [9.17, 15) is 4.79 Å². The van der Waals surface area contributed by atoms with Gasteiger partial charge < -0.3 is 9.52 Å². The molecule has 0 aliphatic carbocycles. The van der Waals surface area contributed by atoms with Crippen LogP contribution < -0.4 is 0 Å². The van der Waals surface area contributed by atoms with Gasteiger partial charge in [-0.25, -0.2) is 4.79 Å². The van der Waals surface area contributed by atoms with Gasteiger partial charge in [0, 0.05) is 24.5 Å². The molecule has 2 heterocycles. The maximum absolute atomic E-state index is 10.9. The quantitative estimate of drug-likeness (QED) is 0.893. The van der Waals surface area contributed by atoms with Crippen LogP contribution in [0.15, 0.2) is 35.0 Å². The summed E-state index contributed by atoms with van der Waals surface area (Å²) in [6.45, 7) is 3.02. The zero-order valence-corrected chi connectivity index (χ0v) is 11.0. The maximum atomic E-state index is 10.9. The second kappa shape index (κ2) is 5.67. The highest BCUT2D eigenvalue weighted by Gasteiger charge is 2.15. The van der Waals surface area contributed by atoms with Crippen molar-refractivity contribution in [1.82, 2.24) is 9.88 Å². The third-order valence-corrected chi connectivity index (χ3v) is 2.76. The van der Waals surface area contributed by atoms with Gasteiger partial charge in [0.2, 0.25) is 5.76 Å². The molecule has 0 spiro atoms. The lowest BCUT2D eigenvalue weighted by molar-refractivity contribution is 0.0657. The van der Waals surface area contributed by atoms with Gasteiger partial charge in [-0.3, -0.25) is 9.88 Å². The van der Waals surface area contributed by atoms with Gasteiger partial charge in [-0.05, 0) is 31.7 Å². The summed E-state index contributed by atoms with van der Waals surface area (Å²) in [7, 11) is 1.95.